The lowest BCUT2D eigenvalue weighted by Gasteiger charge is -2.35. The molecular weight excluding hydrogens is 397 g/mol. The van der Waals surface area contributed by atoms with E-state index >= 15 is 0 Å². The summed E-state index contributed by atoms with van der Waals surface area (Å²) >= 11 is 0. The number of aromatic nitrogens is 2. The van der Waals surface area contributed by atoms with Gasteiger partial charge in [-0.3, -0.25) is 14.5 Å². The van der Waals surface area contributed by atoms with Crippen molar-refractivity contribution in [3.63, 3.8) is 0 Å². The molecular formula is C23H26FN5O2. The van der Waals surface area contributed by atoms with Gasteiger partial charge in [-0.2, -0.15) is 0 Å². The van der Waals surface area contributed by atoms with E-state index < -0.39 is 6.04 Å². The number of aromatic amines is 1. The number of piperazine rings is 1. The Labute approximate surface area is 180 Å². The summed E-state index contributed by atoms with van der Waals surface area (Å²) in [6.07, 6.45) is 0.643. The Bertz CT molecular complexity index is 1050. The van der Waals surface area contributed by atoms with Gasteiger partial charge in [0, 0.05) is 45.2 Å². The molecule has 162 valence electrons. The van der Waals surface area contributed by atoms with Crippen molar-refractivity contribution >= 4 is 22.8 Å². The number of fused-ring (bicyclic) bond motifs is 1. The summed E-state index contributed by atoms with van der Waals surface area (Å²) in [5, 5.41) is 2.82. The van der Waals surface area contributed by atoms with Gasteiger partial charge in [0.2, 0.25) is 11.8 Å². The van der Waals surface area contributed by atoms with Crippen LogP contribution in [-0.2, 0) is 22.6 Å². The minimum absolute atomic E-state index is 0.0525. The second kappa shape index (κ2) is 9.26. The monoisotopic (exact) mass is 423 g/mol. The molecule has 1 aliphatic rings. The molecule has 1 fully saturated rings. The number of nitrogens with zero attached hydrogens (tertiary/aromatic N) is 3. The number of carbonyl (C=O) groups excluding carboxylic acids is 2. The average Bonchev–Trinajstić information content (AvgIpc) is 3.19. The van der Waals surface area contributed by atoms with Gasteiger partial charge in [-0.1, -0.05) is 30.3 Å². The van der Waals surface area contributed by atoms with Crippen LogP contribution in [0.15, 0.2) is 48.5 Å². The van der Waals surface area contributed by atoms with E-state index in [4.69, 9.17) is 0 Å². The smallest absolute Gasteiger partial charge is 0.237 e. The Kier molecular flexibility index (Phi) is 6.27. The molecule has 4 rings (SSSR count). The number of hydrogen-bond acceptors (Lipinski definition) is 4. The van der Waals surface area contributed by atoms with Crippen LogP contribution in [0.25, 0.3) is 11.0 Å². The molecule has 0 saturated carbocycles. The maximum atomic E-state index is 14.1. The fraction of sp³-hybridized carbons (Fsp3) is 0.348. The highest BCUT2D eigenvalue weighted by atomic mass is 19.1. The highest BCUT2D eigenvalue weighted by Crippen LogP contribution is 2.17. The van der Waals surface area contributed by atoms with E-state index in [1.54, 1.807) is 30.1 Å². The quantitative estimate of drug-likeness (QED) is 0.610. The summed E-state index contributed by atoms with van der Waals surface area (Å²) in [5.74, 6) is 0.192. The Morgan fingerprint density at radius 1 is 1.23 bits per heavy atom. The van der Waals surface area contributed by atoms with Crippen LogP contribution in [0.4, 0.5) is 4.39 Å². The number of benzene rings is 2. The molecule has 31 heavy (non-hydrogen) atoms. The van der Waals surface area contributed by atoms with Crippen molar-refractivity contribution < 1.29 is 14.0 Å². The Morgan fingerprint density at radius 3 is 2.81 bits per heavy atom. The highest BCUT2D eigenvalue weighted by Gasteiger charge is 2.32. The van der Waals surface area contributed by atoms with Crippen LogP contribution >= 0.6 is 0 Å². The molecule has 8 heteroatoms. The molecule has 0 radical (unpaired) electrons. The number of imidazole rings is 1. The highest BCUT2D eigenvalue weighted by molar-refractivity contribution is 5.88. The first-order valence-corrected chi connectivity index (χ1v) is 10.4. The van der Waals surface area contributed by atoms with E-state index in [1.165, 1.54) is 6.07 Å². The van der Waals surface area contributed by atoms with Crippen LogP contribution in [0.5, 0.6) is 0 Å². The standard InChI is InChI=1S/C23H26FN5O2/c1-28(12-10-21-26-18-8-4-5-9-19(18)27-21)22(30)14-20-23(31)25-11-13-29(20)15-16-6-2-3-7-17(16)24/h2-9,20H,10-15H2,1H3,(H,25,31)(H,26,27). The minimum Gasteiger partial charge on any atom is -0.353 e. The molecule has 0 spiro atoms. The van der Waals surface area contributed by atoms with Crippen molar-refractivity contribution in [1.29, 1.82) is 0 Å². The number of likely N-dealkylation sites (N-methyl/N-ethyl adjacent to an activating group) is 1. The van der Waals surface area contributed by atoms with E-state index in [-0.39, 0.29) is 24.1 Å². The van der Waals surface area contributed by atoms with Crippen molar-refractivity contribution in [2.75, 3.05) is 26.7 Å². The van der Waals surface area contributed by atoms with E-state index in [0.29, 0.717) is 38.2 Å². The third kappa shape index (κ3) is 4.91. The van der Waals surface area contributed by atoms with Crippen LogP contribution in [-0.4, -0.2) is 64.3 Å². The number of halogens is 1. The van der Waals surface area contributed by atoms with E-state index in [2.05, 4.69) is 15.3 Å². The Balaban J connectivity index is 1.37. The van der Waals surface area contributed by atoms with Gasteiger partial charge in [-0.05, 0) is 18.2 Å². The first kappa shape index (κ1) is 21.0. The summed E-state index contributed by atoms with van der Waals surface area (Å²) < 4.78 is 14.1. The fourth-order valence-corrected chi connectivity index (χ4v) is 3.86. The predicted octanol–water partition coefficient (Wildman–Crippen LogP) is 2.09. The van der Waals surface area contributed by atoms with Gasteiger partial charge in [0.25, 0.3) is 0 Å². The van der Waals surface area contributed by atoms with E-state index in [1.807, 2.05) is 29.2 Å². The number of rotatable bonds is 7. The van der Waals surface area contributed by atoms with Crippen LogP contribution in [0.3, 0.4) is 0 Å². The molecule has 2 N–H and O–H groups in total. The summed E-state index contributed by atoms with van der Waals surface area (Å²) in [6, 6.07) is 13.7. The summed E-state index contributed by atoms with van der Waals surface area (Å²) in [6.45, 7) is 1.83. The normalized spacial score (nSPS) is 17.0. The largest absolute Gasteiger partial charge is 0.353 e. The lowest BCUT2D eigenvalue weighted by molar-refractivity contribution is -0.138. The number of carbonyl (C=O) groups is 2. The van der Waals surface area contributed by atoms with Gasteiger partial charge < -0.3 is 15.2 Å². The zero-order chi connectivity index (χ0) is 21.8. The van der Waals surface area contributed by atoms with E-state index in [0.717, 1.165) is 16.9 Å². The SMILES string of the molecule is CN(CCc1nc2ccccc2[nH]1)C(=O)CC1C(=O)NCCN1Cc1ccccc1F. The first-order chi connectivity index (χ1) is 15.0. The van der Waals surface area contributed by atoms with Gasteiger partial charge in [-0.15, -0.1) is 0 Å². The molecule has 1 aromatic heterocycles. The lowest BCUT2D eigenvalue weighted by atomic mass is 10.1. The minimum atomic E-state index is -0.616. The molecule has 1 saturated heterocycles. The van der Waals surface area contributed by atoms with E-state index in [9.17, 15) is 14.0 Å². The van der Waals surface area contributed by atoms with Crippen LogP contribution in [0.2, 0.25) is 0 Å². The van der Waals surface area contributed by atoms with Crippen molar-refractivity contribution in [3.8, 4) is 0 Å². The van der Waals surface area contributed by atoms with Crippen molar-refractivity contribution in [2.24, 2.45) is 0 Å². The van der Waals surface area contributed by atoms with Gasteiger partial charge >= 0.3 is 0 Å². The fourth-order valence-electron chi connectivity index (χ4n) is 3.86. The molecule has 2 amide bonds. The Hall–Kier alpha value is -3.26. The third-order valence-electron chi connectivity index (χ3n) is 5.69. The number of hydrogen-bond donors (Lipinski definition) is 2. The zero-order valence-corrected chi connectivity index (χ0v) is 17.5. The predicted molar refractivity (Wildman–Crippen MR) is 116 cm³/mol. The van der Waals surface area contributed by atoms with Crippen LogP contribution in [0, 0.1) is 5.82 Å². The second-order valence-corrected chi connectivity index (χ2v) is 7.84. The maximum absolute atomic E-state index is 14.1. The number of para-hydroxylation sites is 2. The number of amides is 2. The zero-order valence-electron chi connectivity index (χ0n) is 17.5. The summed E-state index contributed by atoms with van der Waals surface area (Å²) in [5.41, 5.74) is 2.39. The first-order valence-electron chi connectivity index (χ1n) is 10.4. The molecule has 2 aromatic carbocycles. The molecule has 7 nitrogen and oxygen atoms in total. The topological polar surface area (TPSA) is 81.3 Å². The molecule has 0 bridgehead atoms. The summed E-state index contributed by atoms with van der Waals surface area (Å²) in [7, 11) is 1.73. The summed E-state index contributed by atoms with van der Waals surface area (Å²) in [4.78, 5) is 36.6. The molecule has 1 unspecified atom stereocenters. The molecule has 1 aliphatic heterocycles. The molecule has 2 heterocycles. The number of H-pyrrole nitrogens is 1. The Morgan fingerprint density at radius 2 is 2.00 bits per heavy atom. The van der Waals surface area contributed by atoms with Crippen LogP contribution in [0.1, 0.15) is 17.8 Å². The number of nitrogens with one attached hydrogen (secondary N) is 2. The van der Waals surface area contributed by atoms with Crippen LogP contribution < -0.4 is 5.32 Å². The molecule has 1 atom stereocenters. The maximum Gasteiger partial charge on any atom is 0.237 e. The third-order valence-corrected chi connectivity index (χ3v) is 5.69. The van der Waals surface area contributed by atoms with Gasteiger partial charge in [0.1, 0.15) is 11.6 Å². The molecule has 3 aromatic rings. The second-order valence-electron chi connectivity index (χ2n) is 7.84. The molecule has 0 aliphatic carbocycles. The van der Waals surface area contributed by atoms with Gasteiger partial charge in [-0.25, -0.2) is 9.37 Å². The van der Waals surface area contributed by atoms with Crippen molar-refractivity contribution in [2.45, 2.75) is 25.4 Å². The van der Waals surface area contributed by atoms with Gasteiger partial charge in [0.05, 0.1) is 23.5 Å². The lowest BCUT2D eigenvalue weighted by Crippen LogP contribution is -2.56. The van der Waals surface area contributed by atoms with Crippen molar-refractivity contribution in [3.05, 3.63) is 65.7 Å². The van der Waals surface area contributed by atoms with Crippen molar-refractivity contribution in [1.82, 2.24) is 25.1 Å². The van der Waals surface area contributed by atoms with Gasteiger partial charge in [0.15, 0.2) is 0 Å². The average molecular weight is 423 g/mol.